The van der Waals surface area contributed by atoms with Crippen molar-refractivity contribution in [1.29, 1.82) is 0 Å². The Morgan fingerprint density at radius 3 is 2.75 bits per heavy atom. The van der Waals surface area contributed by atoms with Crippen molar-refractivity contribution in [3.63, 3.8) is 0 Å². The molecule has 8 nitrogen and oxygen atoms in total. The number of fused-ring (bicyclic) bond motifs is 1. The van der Waals surface area contributed by atoms with Crippen molar-refractivity contribution in [2.24, 2.45) is 0 Å². The number of nitrogens with one attached hydrogen (secondary N) is 2. The van der Waals surface area contributed by atoms with Crippen LogP contribution in [0.2, 0.25) is 0 Å². The Morgan fingerprint density at radius 1 is 1.25 bits per heavy atom. The standard InChI is InChI=1S/C23H27N5O3S/c1-32-14-11-19(22-24-17-7-3-4-8-18(17)25-22)26-23(29)16-9-10-20(21(15-16)28(30)31)27-12-5-2-6-13-27/h3-4,7-10,15,19H,2,5-6,11-14H2,1H3,(H,24,25)(H,26,29). The Balaban J connectivity index is 1.58. The van der Waals surface area contributed by atoms with Crippen molar-refractivity contribution >= 4 is 40.1 Å². The van der Waals surface area contributed by atoms with Crippen molar-refractivity contribution in [3.05, 3.63) is 64.0 Å². The number of rotatable bonds is 8. The van der Waals surface area contributed by atoms with Gasteiger partial charge in [0.15, 0.2) is 0 Å². The summed E-state index contributed by atoms with van der Waals surface area (Å²) < 4.78 is 0. The number of aromatic nitrogens is 2. The largest absolute Gasteiger partial charge is 0.366 e. The number of imidazole rings is 1. The maximum atomic E-state index is 13.1. The van der Waals surface area contributed by atoms with Gasteiger partial charge < -0.3 is 15.2 Å². The molecule has 0 saturated carbocycles. The molecule has 2 heterocycles. The van der Waals surface area contributed by atoms with Crippen molar-refractivity contribution < 1.29 is 9.72 Å². The molecule has 0 spiro atoms. The fourth-order valence-electron chi connectivity index (χ4n) is 4.11. The highest BCUT2D eigenvalue weighted by Gasteiger charge is 2.25. The third-order valence-electron chi connectivity index (χ3n) is 5.78. The molecule has 9 heteroatoms. The summed E-state index contributed by atoms with van der Waals surface area (Å²) in [5.41, 5.74) is 2.59. The highest BCUT2D eigenvalue weighted by Crippen LogP contribution is 2.31. The number of amides is 1. The number of thioether (sulfide) groups is 1. The Bertz CT molecular complexity index is 1080. The number of nitro groups is 1. The average Bonchev–Trinajstić information content (AvgIpc) is 3.26. The van der Waals surface area contributed by atoms with Gasteiger partial charge in [-0.1, -0.05) is 12.1 Å². The van der Waals surface area contributed by atoms with Gasteiger partial charge in [0.2, 0.25) is 0 Å². The molecule has 1 aliphatic heterocycles. The van der Waals surface area contributed by atoms with E-state index in [0.29, 0.717) is 17.9 Å². The third kappa shape index (κ3) is 4.88. The van der Waals surface area contributed by atoms with Crippen LogP contribution in [0.5, 0.6) is 0 Å². The summed E-state index contributed by atoms with van der Waals surface area (Å²) in [5.74, 6) is 1.19. The molecule has 1 atom stereocenters. The molecule has 1 amide bonds. The Morgan fingerprint density at radius 2 is 2.03 bits per heavy atom. The van der Waals surface area contributed by atoms with E-state index in [1.54, 1.807) is 23.9 Å². The lowest BCUT2D eigenvalue weighted by atomic mass is 10.1. The zero-order chi connectivity index (χ0) is 22.5. The first-order valence-corrected chi connectivity index (χ1v) is 12.2. The molecule has 3 aromatic rings. The van der Waals surface area contributed by atoms with Crippen molar-refractivity contribution in [1.82, 2.24) is 15.3 Å². The number of nitro benzene ring substituents is 1. The van der Waals surface area contributed by atoms with Gasteiger partial charge in [-0.3, -0.25) is 14.9 Å². The predicted octanol–water partition coefficient (Wildman–Crippen LogP) is 4.69. The van der Waals surface area contributed by atoms with Crippen LogP contribution < -0.4 is 10.2 Å². The number of carbonyl (C=O) groups excluding carboxylic acids is 1. The monoisotopic (exact) mass is 453 g/mol. The normalized spacial score (nSPS) is 15.0. The number of para-hydroxylation sites is 2. The number of H-pyrrole nitrogens is 1. The van der Waals surface area contributed by atoms with E-state index < -0.39 is 4.92 Å². The highest BCUT2D eigenvalue weighted by molar-refractivity contribution is 7.98. The lowest BCUT2D eigenvalue weighted by molar-refractivity contribution is -0.384. The fourth-order valence-corrected chi connectivity index (χ4v) is 4.58. The summed E-state index contributed by atoms with van der Waals surface area (Å²) >= 11 is 1.69. The van der Waals surface area contributed by atoms with Crippen LogP contribution in [0.3, 0.4) is 0 Å². The van der Waals surface area contributed by atoms with Crippen LogP contribution in [0, 0.1) is 10.1 Å². The van der Waals surface area contributed by atoms with Gasteiger partial charge in [-0.15, -0.1) is 0 Å². The van der Waals surface area contributed by atoms with Crippen LogP contribution in [0.1, 0.15) is 47.9 Å². The Labute approximate surface area is 190 Å². The zero-order valence-electron chi connectivity index (χ0n) is 18.0. The van der Waals surface area contributed by atoms with Crippen LogP contribution in [-0.4, -0.2) is 45.9 Å². The number of nitrogens with zero attached hydrogens (tertiary/aromatic N) is 3. The smallest absolute Gasteiger partial charge is 0.293 e. The molecule has 2 aromatic carbocycles. The molecule has 32 heavy (non-hydrogen) atoms. The van der Waals surface area contributed by atoms with Crippen LogP contribution in [0.4, 0.5) is 11.4 Å². The lowest BCUT2D eigenvalue weighted by Crippen LogP contribution is -2.31. The summed E-state index contributed by atoms with van der Waals surface area (Å²) in [6, 6.07) is 12.2. The molecule has 1 unspecified atom stereocenters. The van der Waals surface area contributed by atoms with E-state index in [4.69, 9.17) is 0 Å². The molecule has 1 aliphatic rings. The number of carbonyl (C=O) groups is 1. The summed E-state index contributed by atoms with van der Waals surface area (Å²) in [6.45, 7) is 1.60. The van der Waals surface area contributed by atoms with Gasteiger partial charge in [0.05, 0.1) is 22.0 Å². The fraction of sp³-hybridized carbons (Fsp3) is 0.391. The second-order valence-corrected chi connectivity index (χ2v) is 8.94. The second kappa shape index (κ2) is 10.0. The van der Waals surface area contributed by atoms with E-state index in [1.807, 2.05) is 35.4 Å². The number of anilines is 1. The molecular formula is C23H27N5O3S. The number of aromatic amines is 1. The minimum Gasteiger partial charge on any atom is -0.366 e. The first-order valence-electron chi connectivity index (χ1n) is 10.8. The van der Waals surface area contributed by atoms with Gasteiger partial charge in [-0.05, 0) is 62.0 Å². The lowest BCUT2D eigenvalue weighted by Gasteiger charge is -2.28. The molecule has 4 rings (SSSR count). The summed E-state index contributed by atoms with van der Waals surface area (Å²) in [6.07, 6.45) is 5.90. The van der Waals surface area contributed by atoms with Gasteiger partial charge in [0.25, 0.3) is 11.6 Å². The molecule has 1 saturated heterocycles. The summed E-state index contributed by atoms with van der Waals surface area (Å²) in [4.78, 5) is 34.4. The Hall–Kier alpha value is -3.07. The molecule has 1 aromatic heterocycles. The average molecular weight is 454 g/mol. The van der Waals surface area contributed by atoms with E-state index in [9.17, 15) is 14.9 Å². The van der Waals surface area contributed by atoms with Gasteiger partial charge in [0, 0.05) is 24.7 Å². The first kappa shape index (κ1) is 22.1. The SMILES string of the molecule is CSCCC(NC(=O)c1ccc(N2CCCCC2)c([N+](=O)[O-])c1)c1nc2ccccc2[nH]1. The van der Waals surface area contributed by atoms with E-state index >= 15 is 0 Å². The van der Waals surface area contributed by atoms with Crippen molar-refractivity contribution in [2.45, 2.75) is 31.7 Å². The summed E-state index contributed by atoms with van der Waals surface area (Å²) in [5, 5.41) is 14.8. The van der Waals surface area contributed by atoms with Crippen molar-refractivity contribution in [3.8, 4) is 0 Å². The minimum absolute atomic E-state index is 0.0241. The van der Waals surface area contributed by atoms with Crippen LogP contribution in [0.15, 0.2) is 42.5 Å². The van der Waals surface area contributed by atoms with E-state index in [2.05, 4.69) is 15.3 Å². The van der Waals surface area contributed by atoms with Gasteiger partial charge >= 0.3 is 0 Å². The molecule has 2 N–H and O–H groups in total. The second-order valence-electron chi connectivity index (χ2n) is 7.96. The molecular weight excluding hydrogens is 426 g/mol. The molecule has 1 fully saturated rings. The van der Waals surface area contributed by atoms with E-state index in [-0.39, 0.29) is 23.2 Å². The topological polar surface area (TPSA) is 104 Å². The number of benzene rings is 2. The van der Waals surface area contributed by atoms with Crippen LogP contribution in [0.25, 0.3) is 11.0 Å². The number of piperidine rings is 1. The Kier molecular flexibility index (Phi) is 6.94. The van der Waals surface area contributed by atoms with Gasteiger partial charge in [0.1, 0.15) is 11.5 Å². The first-order chi connectivity index (χ1) is 15.6. The quantitative estimate of drug-likeness (QED) is 0.379. The molecule has 168 valence electrons. The van der Waals surface area contributed by atoms with Crippen LogP contribution in [-0.2, 0) is 0 Å². The number of hydrogen-bond donors (Lipinski definition) is 2. The minimum atomic E-state index is -0.398. The maximum Gasteiger partial charge on any atom is 0.293 e. The highest BCUT2D eigenvalue weighted by atomic mass is 32.2. The maximum absolute atomic E-state index is 13.1. The molecule has 0 bridgehead atoms. The summed E-state index contributed by atoms with van der Waals surface area (Å²) in [7, 11) is 0. The van der Waals surface area contributed by atoms with E-state index in [0.717, 1.165) is 49.1 Å². The third-order valence-corrected chi connectivity index (χ3v) is 6.43. The number of hydrogen-bond acceptors (Lipinski definition) is 6. The van der Waals surface area contributed by atoms with E-state index in [1.165, 1.54) is 6.07 Å². The van der Waals surface area contributed by atoms with Gasteiger partial charge in [-0.2, -0.15) is 11.8 Å². The zero-order valence-corrected chi connectivity index (χ0v) is 18.9. The van der Waals surface area contributed by atoms with Gasteiger partial charge in [-0.25, -0.2) is 4.98 Å². The molecule has 0 radical (unpaired) electrons. The van der Waals surface area contributed by atoms with Crippen molar-refractivity contribution in [2.75, 3.05) is 30.0 Å². The predicted molar refractivity (Wildman–Crippen MR) is 128 cm³/mol. The van der Waals surface area contributed by atoms with Crippen LogP contribution >= 0.6 is 11.8 Å². The molecule has 0 aliphatic carbocycles.